The van der Waals surface area contributed by atoms with Crippen LogP contribution >= 0.6 is 0 Å². The minimum atomic E-state index is -0.923. The number of benzene rings is 1. The molecule has 0 amide bonds. The molecule has 1 atom stereocenters. The molecule has 0 saturated heterocycles. The predicted molar refractivity (Wildman–Crippen MR) is 68.3 cm³/mol. The van der Waals surface area contributed by atoms with Gasteiger partial charge in [-0.3, -0.25) is 19.8 Å². The van der Waals surface area contributed by atoms with Crippen LogP contribution in [0, 0.1) is 10.1 Å². The normalized spacial score (nSPS) is 12.2. The third kappa shape index (κ3) is 4.22. The highest BCUT2D eigenvalue weighted by Crippen LogP contribution is 2.25. The van der Waals surface area contributed by atoms with Crippen LogP contribution in [0.25, 0.3) is 0 Å². The number of hydrogen-bond donors (Lipinski definition) is 1. The fourth-order valence-electron chi connectivity index (χ4n) is 1.41. The van der Waals surface area contributed by atoms with E-state index in [9.17, 15) is 14.9 Å². The lowest BCUT2D eigenvalue weighted by molar-refractivity contribution is -0.385. The predicted octanol–water partition coefficient (Wildman–Crippen LogP) is 1.38. The second-order valence-electron chi connectivity index (χ2n) is 4.07. The van der Waals surface area contributed by atoms with Gasteiger partial charge in [0, 0.05) is 12.6 Å². The molecule has 1 unspecified atom stereocenters. The third-order valence-electron chi connectivity index (χ3n) is 2.78. The Balaban J connectivity index is 2.54. The largest absolute Gasteiger partial charge is 0.485 e. The van der Waals surface area contributed by atoms with Crippen LogP contribution in [0.2, 0.25) is 0 Å². The number of carboxylic acids is 1. The van der Waals surface area contributed by atoms with Crippen LogP contribution < -0.4 is 4.74 Å². The van der Waals surface area contributed by atoms with E-state index in [-0.39, 0.29) is 18.0 Å². The Kier molecular flexibility index (Phi) is 5.25. The van der Waals surface area contributed by atoms with E-state index in [1.807, 2.05) is 0 Å². The average Bonchev–Trinajstić information content (AvgIpc) is 2.37. The van der Waals surface area contributed by atoms with Gasteiger partial charge in [-0.1, -0.05) is 12.1 Å². The summed E-state index contributed by atoms with van der Waals surface area (Å²) >= 11 is 0. The molecular weight excluding hydrogens is 252 g/mol. The van der Waals surface area contributed by atoms with Crippen LogP contribution in [-0.2, 0) is 4.79 Å². The number of ether oxygens (including phenoxy) is 1. The Labute approximate surface area is 110 Å². The van der Waals surface area contributed by atoms with Gasteiger partial charge in [0.25, 0.3) is 0 Å². The highest BCUT2D eigenvalue weighted by atomic mass is 16.6. The van der Waals surface area contributed by atoms with Crippen LogP contribution in [0.15, 0.2) is 24.3 Å². The summed E-state index contributed by atoms with van der Waals surface area (Å²) in [4.78, 5) is 22.6. The highest BCUT2D eigenvalue weighted by molar-refractivity contribution is 5.72. The first-order valence-electron chi connectivity index (χ1n) is 5.72. The quantitative estimate of drug-likeness (QED) is 0.593. The molecule has 0 aliphatic rings. The van der Waals surface area contributed by atoms with Gasteiger partial charge in [0.05, 0.1) is 4.92 Å². The maximum atomic E-state index is 10.8. The Morgan fingerprint density at radius 1 is 1.53 bits per heavy atom. The zero-order valence-electron chi connectivity index (χ0n) is 10.8. The summed E-state index contributed by atoms with van der Waals surface area (Å²) in [5.74, 6) is -0.739. The van der Waals surface area contributed by atoms with E-state index in [2.05, 4.69) is 0 Å². The number of rotatable bonds is 7. The summed E-state index contributed by atoms with van der Waals surface area (Å²) in [6.45, 7) is 2.10. The van der Waals surface area contributed by atoms with Crippen molar-refractivity contribution < 1.29 is 19.6 Å². The minimum Gasteiger partial charge on any atom is -0.485 e. The summed E-state index contributed by atoms with van der Waals surface area (Å²) in [6.07, 6.45) is 0. The summed E-state index contributed by atoms with van der Waals surface area (Å²) in [7, 11) is 1.65. The fraction of sp³-hybridized carbons (Fsp3) is 0.417. The Hall–Kier alpha value is -2.15. The monoisotopic (exact) mass is 268 g/mol. The van der Waals surface area contributed by atoms with Crippen molar-refractivity contribution in [3.05, 3.63) is 34.4 Å². The molecule has 0 spiro atoms. The standard InChI is InChI=1S/C12H16N2O5/c1-9(12(15)16)13(2)7-8-19-11-6-4-3-5-10(11)14(17)18/h3-6,9H,7-8H2,1-2H3,(H,15,16). The van der Waals surface area contributed by atoms with E-state index in [0.717, 1.165) is 0 Å². The molecule has 1 N–H and O–H groups in total. The van der Waals surface area contributed by atoms with Gasteiger partial charge in [0.15, 0.2) is 5.75 Å². The van der Waals surface area contributed by atoms with Gasteiger partial charge in [0.2, 0.25) is 0 Å². The fourth-order valence-corrected chi connectivity index (χ4v) is 1.41. The van der Waals surface area contributed by atoms with Gasteiger partial charge in [-0.05, 0) is 20.0 Å². The molecule has 7 heteroatoms. The highest BCUT2D eigenvalue weighted by Gasteiger charge is 2.17. The summed E-state index contributed by atoms with van der Waals surface area (Å²) in [5, 5.41) is 19.6. The number of para-hydroxylation sites is 2. The van der Waals surface area contributed by atoms with E-state index >= 15 is 0 Å². The van der Waals surface area contributed by atoms with Crippen LogP contribution in [0.1, 0.15) is 6.92 Å². The summed E-state index contributed by atoms with van der Waals surface area (Å²) in [5.41, 5.74) is -0.101. The smallest absolute Gasteiger partial charge is 0.320 e. The van der Waals surface area contributed by atoms with Crippen molar-refractivity contribution in [3.63, 3.8) is 0 Å². The van der Waals surface area contributed by atoms with Gasteiger partial charge in [-0.25, -0.2) is 0 Å². The van der Waals surface area contributed by atoms with Crippen molar-refractivity contribution in [1.82, 2.24) is 4.90 Å². The van der Waals surface area contributed by atoms with Gasteiger partial charge >= 0.3 is 11.7 Å². The zero-order valence-corrected chi connectivity index (χ0v) is 10.8. The second kappa shape index (κ2) is 6.69. The Morgan fingerprint density at radius 2 is 2.16 bits per heavy atom. The van der Waals surface area contributed by atoms with Crippen LogP contribution in [0.5, 0.6) is 5.75 Å². The van der Waals surface area contributed by atoms with E-state index in [0.29, 0.717) is 6.54 Å². The number of nitrogens with zero attached hydrogens (tertiary/aromatic N) is 2. The lowest BCUT2D eigenvalue weighted by Gasteiger charge is -2.20. The Morgan fingerprint density at radius 3 is 2.74 bits per heavy atom. The molecule has 0 heterocycles. The lowest BCUT2D eigenvalue weighted by Crippen LogP contribution is -2.38. The first kappa shape index (κ1) is 14.9. The molecule has 0 radical (unpaired) electrons. The van der Waals surface area contributed by atoms with E-state index in [1.165, 1.54) is 12.1 Å². The number of nitro groups is 1. The molecule has 0 aliphatic heterocycles. The second-order valence-corrected chi connectivity index (χ2v) is 4.07. The molecule has 1 aromatic carbocycles. The number of carboxylic acid groups (broad SMARTS) is 1. The lowest BCUT2D eigenvalue weighted by atomic mass is 10.3. The maximum Gasteiger partial charge on any atom is 0.320 e. The minimum absolute atomic E-state index is 0.101. The van der Waals surface area contributed by atoms with Crippen molar-refractivity contribution in [2.45, 2.75) is 13.0 Å². The molecule has 0 saturated carbocycles. The topological polar surface area (TPSA) is 92.9 Å². The molecular formula is C12H16N2O5. The Bertz CT molecular complexity index is 463. The number of likely N-dealkylation sites (N-methyl/N-ethyl adjacent to an activating group) is 1. The molecule has 0 aliphatic carbocycles. The number of hydrogen-bond acceptors (Lipinski definition) is 5. The number of aliphatic carboxylic acids is 1. The third-order valence-corrected chi connectivity index (χ3v) is 2.78. The number of carbonyl (C=O) groups is 1. The first-order chi connectivity index (χ1) is 8.93. The van der Waals surface area contributed by atoms with Crippen molar-refractivity contribution in [3.8, 4) is 5.75 Å². The van der Waals surface area contributed by atoms with Gasteiger partial charge < -0.3 is 9.84 Å². The van der Waals surface area contributed by atoms with Crippen molar-refractivity contribution in [2.75, 3.05) is 20.2 Å². The first-order valence-corrected chi connectivity index (χ1v) is 5.72. The molecule has 0 bridgehead atoms. The maximum absolute atomic E-state index is 10.8. The zero-order chi connectivity index (χ0) is 14.4. The molecule has 0 fully saturated rings. The van der Waals surface area contributed by atoms with Crippen LogP contribution in [0.4, 0.5) is 5.69 Å². The molecule has 7 nitrogen and oxygen atoms in total. The number of nitro benzene ring substituents is 1. The van der Waals surface area contributed by atoms with E-state index in [1.54, 1.807) is 31.0 Å². The summed E-state index contributed by atoms with van der Waals surface area (Å²) in [6, 6.07) is 5.45. The van der Waals surface area contributed by atoms with Gasteiger partial charge in [-0.2, -0.15) is 0 Å². The van der Waals surface area contributed by atoms with Crippen molar-refractivity contribution in [2.24, 2.45) is 0 Å². The van der Waals surface area contributed by atoms with Crippen molar-refractivity contribution in [1.29, 1.82) is 0 Å². The molecule has 1 aromatic rings. The van der Waals surface area contributed by atoms with Crippen LogP contribution in [-0.4, -0.2) is 47.1 Å². The summed E-state index contributed by atoms with van der Waals surface area (Å²) < 4.78 is 5.32. The average molecular weight is 268 g/mol. The molecule has 1 rings (SSSR count). The molecule has 104 valence electrons. The van der Waals surface area contributed by atoms with E-state index in [4.69, 9.17) is 9.84 Å². The van der Waals surface area contributed by atoms with Gasteiger partial charge in [0.1, 0.15) is 12.6 Å². The van der Waals surface area contributed by atoms with Gasteiger partial charge in [-0.15, -0.1) is 0 Å². The van der Waals surface area contributed by atoms with Crippen LogP contribution in [0.3, 0.4) is 0 Å². The van der Waals surface area contributed by atoms with Crippen molar-refractivity contribution >= 4 is 11.7 Å². The molecule has 19 heavy (non-hydrogen) atoms. The SMILES string of the molecule is CC(C(=O)O)N(C)CCOc1ccccc1[N+](=O)[O-]. The van der Waals surface area contributed by atoms with E-state index < -0.39 is 16.9 Å². The molecule has 0 aromatic heterocycles.